The Kier molecular flexibility index (Phi) is 6.78. The number of benzene rings is 2. The van der Waals surface area contributed by atoms with Gasteiger partial charge in [-0.2, -0.15) is 0 Å². The minimum atomic E-state index is -0.121. The van der Waals surface area contributed by atoms with Crippen LogP contribution in [0, 0.1) is 6.92 Å². The highest BCUT2D eigenvalue weighted by atomic mass is 32.2. The number of nitrogens with one attached hydrogen (secondary N) is 1. The van der Waals surface area contributed by atoms with Crippen LogP contribution in [-0.4, -0.2) is 38.0 Å². The van der Waals surface area contributed by atoms with Crippen LogP contribution in [0.2, 0.25) is 0 Å². The van der Waals surface area contributed by atoms with Crippen LogP contribution in [0.5, 0.6) is 5.75 Å². The summed E-state index contributed by atoms with van der Waals surface area (Å²) in [7, 11) is 0. The smallest absolute Gasteiger partial charge is 0.234 e. The first kappa shape index (κ1) is 23.1. The molecule has 7 nitrogen and oxygen atoms in total. The topological polar surface area (TPSA) is 81.9 Å². The number of fused-ring (bicyclic) bond motifs is 1. The number of rotatable bonds is 8. The van der Waals surface area contributed by atoms with Crippen LogP contribution in [0.1, 0.15) is 12.6 Å². The third kappa shape index (κ3) is 5.06. The van der Waals surface area contributed by atoms with E-state index in [1.165, 1.54) is 11.8 Å². The number of amides is 1. The number of aryl methyl sites for hydroxylation is 1. The summed E-state index contributed by atoms with van der Waals surface area (Å²) in [5.41, 5.74) is 3.36. The van der Waals surface area contributed by atoms with E-state index < -0.39 is 0 Å². The molecule has 0 aliphatic rings. The van der Waals surface area contributed by atoms with E-state index >= 15 is 0 Å². The first-order chi connectivity index (χ1) is 17.1. The highest BCUT2D eigenvalue weighted by molar-refractivity contribution is 7.99. The van der Waals surface area contributed by atoms with E-state index in [0.717, 1.165) is 44.4 Å². The number of anilines is 1. The molecule has 5 rings (SSSR count). The van der Waals surface area contributed by atoms with Crippen molar-refractivity contribution in [3.63, 3.8) is 0 Å². The Morgan fingerprint density at radius 2 is 1.91 bits per heavy atom. The highest BCUT2D eigenvalue weighted by Gasteiger charge is 2.18. The number of ether oxygens (including phenoxy) is 1. The number of para-hydroxylation sites is 1. The van der Waals surface area contributed by atoms with Crippen LogP contribution >= 0.6 is 23.1 Å². The molecule has 1 N–H and O–H groups in total. The molecule has 2 aromatic carbocycles. The summed E-state index contributed by atoms with van der Waals surface area (Å²) in [6, 6.07) is 21.5. The molecule has 0 fully saturated rings. The van der Waals surface area contributed by atoms with E-state index in [1.54, 1.807) is 11.3 Å². The number of thiophene rings is 1. The van der Waals surface area contributed by atoms with Crippen molar-refractivity contribution in [2.45, 2.75) is 19.0 Å². The molecule has 0 saturated carbocycles. The van der Waals surface area contributed by atoms with Gasteiger partial charge in [0.15, 0.2) is 11.0 Å². The van der Waals surface area contributed by atoms with E-state index in [-0.39, 0.29) is 11.7 Å². The van der Waals surface area contributed by atoms with Gasteiger partial charge in [-0.1, -0.05) is 36.0 Å². The number of carbonyl (C=O) groups excluding carboxylic acids is 1. The van der Waals surface area contributed by atoms with Gasteiger partial charge in [0.05, 0.1) is 34.1 Å². The van der Waals surface area contributed by atoms with E-state index in [1.807, 2.05) is 90.5 Å². The zero-order valence-electron chi connectivity index (χ0n) is 19.3. The Bertz CT molecular complexity index is 1460. The fourth-order valence-electron chi connectivity index (χ4n) is 3.75. The zero-order chi connectivity index (χ0) is 24.2. The first-order valence-electron chi connectivity index (χ1n) is 11.1. The van der Waals surface area contributed by atoms with E-state index in [0.29, 0.717) is 11.8 Å². The van der Waals surface area contributed by atoms with Crippen LogP contribution in [0.3, 0.4) is 0 Å². The second-order valence-corrected chi connectivity index (χ2v) is 9.60. The number of carbonyl (C=O) groups is 1. The molecule has 0 atom stereocenters. The summed E-state index contributed by atoms with van der Waals surface area (Å²) >= 11 is 2.94. The van der Waals surface area contributed by atoms with Gasteiger partial charge in [-0.3, -0.25) is 14.3 Å². The van der Waals surface area contributed by atoms with Crippen molar-refractivity contribution < 1.29 is 9.53 Å². The second kappa shape index (κ2) is 10.3. The lowest BCUT2D eigenvalue weighted by atomic mass is 10.1. The van der Waals surface area contributed by atoms with Crippen molar-refractivity contribution >= 4 is 45.6 Å². The second-order valence-electron chi connectivity index (χ2n) is 7.71. The summed E-state index contributed by atoms with van der Waals surface area (Å²) in [5, 5.41) is 15.5. The summed E-state index contributed by atoms with van der Waals surface area (Å²) in [5.74, 6) is 1.61. The van der Waals surface area contributed by atoms with Gasteiger partial charge in [0.25, 0.3) is 0 Å². The number of hydrogen-bond acceptors (Lipinski definition) is 7. The van der Waals surface area contributed by atoms with Crippen molar-refractivity contribution in [2.75, 3.05) is 17.7 Å². The minimum Gasteiger partial charge on any atom is -0.494 e. The predicted octanol–water partition coefficient (Wildman–Crippen LogP) is 5.98. The molecule has 0 aliphatic heterocycles. The summed E-state index contributed by atoms with van der Waals surface area (Å²) in [4.78, 5) is 18.5. The van der Waals surface area contributed by atoms with Gasteiger partial charge in [-0.25, -0.2) is 0 Å². The Labute approximate surface area is 211 Å². The van der Waals surface area contributed by atoms with Crippen molar-refractivity contribution in [3.05, 3.63) is 77.8 Å². The van der Waals surface area contributed by atoms with Crippen LogP contribution in [-0.2, 0) is 4.79 Å². The molecule has 5 aromatic rings. The largest absolute Gasteiger partial charge is 0.494 e. The fourth-order valence-corrected chi connectivity index (χ4v) is 5.20. The van der Waals surface area contributed by atoms with Crippen LogP contribution < -0.4 is 10.1 Å². The SMILES string of the molecule is CCOc1ccc(-n2c(SCC(=O)Nc3cc(C)nc4ccccc34)nnc2-c2cccs2)cc1. The maximum absolute atomic E-state index is 12.9. The molecule has 0 radical (unpaired) electrons. The molecular formula is C26H23N5O2S2. The number of hydrogen-bond donors (Lipinski definition) is 1. The lowest BCUT2D eigenvalue weighted by molar-refractivity contribution is -0.113. The predicted molar refractivity (Wildman–Crippen MR) is 142 cm³/mol. The Morgan fingerprint density at radius 3 is 2.69 bits per heavy atom. The molecule has 9 heteroatoms. The lowest BCUT2D eigenvalue weighted by Gasteiger charge is -2.12. The van der Waals surface area contributed by atoms with E-state index in [2.05, 4.69) is 20.5 Å². The van der Waals surface area contributed by atoms with Crippen LogP contribution in [0.4, 0.5) is 5.69 Å². The van der Waals surface area contributed by atoms with E-state index in [9.17, 15) is 4.79 Å². The fraction of sp³-hybridized carbons (Fsp3) is 0.154. The molecule has 0 spiro atoms. The van der Waals surface area contributed by atoms with Gasteiger partial charge in [0, 0.05) is 11.1 Å². The minimum absolute atomic E-state index is 0.121. The van der Waals surface area contributed by atoms with Gasteiger partial charge >= 0.3 is 0 Å². The van der Waals surface area contributed by atoms with Gasteiger partial charge in [-0.15, -0.1) is 21.5 Å². The molecular weight excluding hydrogens is 478 g/mol. The Morgan fingerprint density at radius 1 is 1.09 bits per heavy atom. The normalized spacial score (nSPS) is 11.0. The molecule has 3 aromatic heterocycles. The molecule has 3 heterocycles. The van der Waals surface area contributed by atoms with Crippen molar-refractivity contribution in [1.29, 1.82) is 0 Å². The summed E-state index contributed by atoms with van der Waals surface area (Å²) in [6.07, 6.45) is 0. The molecule has 0 aliphatic carbocycles. The standard InChI is InChI=1S/C26H23N5O2S2/c1-3-33-19-12-10-18(11-13-19)31-25(23-9-6-14-34-23)29-30-26(31)35-16-24(32)28-22-15-17(2)27-21-8-5-4-7-20(21)22/h4-15H,3,16H2,1-2H3,(H,27,28,32). The number of pyridine rings is 1. The summed E-state index contributed by atoms with van der Waals surface area (Å²) in [6.45, 7) is 4.48. The number of aromatic nitrogens is 4. The third-order valence-electron chi connectivity index (χ3n) is 5.23. The maximum Gasteiger partial charge on any atom is 0.234 e. The van der Waals surface area contributed by atoms with Crippen molar-refractivity contribution in [3.8, 4) is 22.1 Å². The average molecular weight is 502 g/mol. The van der Waals surface area contributed by atoms with E-state index in [4.69, 9.17) is 4.74 Å². The number of nitrogens with zero attached hydrogens (tertiary/aromatic N) is 4. The average Bonchev–Trinajstić information content (AvgIpc) is 3.53. The van der Waals surface area contributed by atoms with Gasteiger partial charge in [0.2, 0.25) is 5.91 Å². The quantitative estimate of drug-likeness (QED) is 0.263. The van der Waals surface area contributed by atoms with Crippen molar-refractivity contribution in [1.82, 2.24) is 19.7 Å². The van der Waals surface area contributed by atoms with Crippen molar-refractivity contribution in [2.24, 2.45) is 0 Å². The molecule has 176 valence electrons. The van der Waals surface area contributed by atoms with Gasteiger partial charge in [0.1, 0.15) is 5.75 Å². The molecule has 0 saturated heterocycles. The van der Waals surface area contributed by atoms with Gasteiger partial charge < -0.3 is 10.1 Å². The zero-order valence-corrected chi connectivity index (χ0v) is 20.9. The van der Waals surface area contributed by atoms with Crippen LogP contribution in [0.25, 0.3) is 27.3 Å². The highest BCUT2D eigenvalue weighted by Crippen LogP contribution is 2.31. The molecule has 0 bridgehead atoms. The first-order valence-corrected chi connectivity index (χ1v) is 13.0. The lowest BCUT2D eigenvalue weighted by Crippen LogP contribution is -2.15. The van der Waals surface area contributed by atoms with Gasteiger partial charge in [-0.05, 0) is 61.7 Å². The number of thioether (sulfide) groups is 1. The molecule has 1 amide bonds. The molecule has 0 unspecified atom stereocenters. The Balaban J connectivity index is 1.39. The summed E-state index contributed by atoms with van der Waals surface area (Å²) < 4.78 is 7.56. The monoisotopic (exact) mass is 501 g/mol. The third-order valence-corrected chi connectivity index (χ3v) is 7.03. The maximum atomic E-state index is 12.9. The Hall–Kier alpha value is -3.69. The van der Waals surface area contributed by atoms with Crippen LogP contribution in [0.15, 0.2) is 77.3 Å². The molecule has 35 heavy (non-hydrogen) atoms.